The Morgan fingerprint density at radius 1 is 0.973 bits per heavy atom. The number of methoxy groups -OCH3 is 3. The van der Waals surface area contributed by atoms with Crippen LogP contribution in [0.4, 0.5) is 0 Å². The van der Waals surface area contributed by atoms with Gasteiger partial charge in [-0.2, -0.15) is 0 Å². The van der Waals surface area contributed by atoms with Crippen LogP contribution in [0, 0.1) is 6.92 Å². The quantitative estimate of drug-likeness (QED) is 0.382. The third-order valence-corrected chi connectivity index (χ3v) is 6.77. The van der Waals surface area contributed by atoms with E-state index < -0.39 is 0 Å². The molecule has 0 unspecified atom stereocenters. The maximum absolute atomic E-state index is 13.3. The van der Waals surface area contributed by atoms with Crippen LogP contribution in [0.15, 0.2) is 54.3 Å². The maximum Gasteiger partial charge on any atom is 0.231 e. The molecule has 2 heterocycles. The molecule has 7 heteroatoms. The lowest BCUT2D eigenvalue weighted by Gasteiger charge is -2.30. The van der Waals surface area contributed by atoms with Gasteiger partial charge in [-0.15, -0.1) is 0 Å². The number of Topliss-reactive ketones (excluding diaryl/α,β-unsaturated/α-hetero) is 1. The van der Waals surface area contributed by atoms with Gasteiger partial charge in [-0.25, -0.2) is 0 Å². The second-order valence-electron chi connectivity index (χ2n) is 9.18. The number of aryl methyl sites for hydroxylation is 1. The number of nitrogens with zero attached hydrogens (tertiary/aromatic N) is 1. The Labute approximate surface area is 217 Å². The van der Waals surface area contributed by atoms with Gasteiger partial charge in [0, 0.05) is 24.2 Å². The molecule has 0 aromatic heterocycles. The summed E-state index contributed by atoms with van der Waals surface area (Å²) in [6.45, 7) is 4.11. The van der Waals surface area contributed by atoms with Gasteiger partial charge >= 0.3 is 0 Å². The van der Waals surface area contributed by atoms with Crippen molar-refractivity contribution >= 4 is 11.9 Å². The number of hydrogen-bond donors (Lipinski definition) is 0. The van der Waals surface area contributed by atoms with E-state index in [1.807, 2.05) is 19.1 Å². The van der Waals surface area contributed by atoms with Gasteiger partial charge in [-0.3, -0.25) is 9.69 Å². The van der Waals surface area contributed by atoms with Gasteiger partial charge in [0.1, 0.15) is 18.2 Å². The van der Waals surface area contributed by atoms with E-state index in [0.29, 0.717) is 40.9 Å². The van der Waals surface area contributed by atoms with Crippen LogP contribution in [0.25, 0.3) is 6.08 Å². The number of carbonyl (C=O) groups excluding carboxylic acids is 1. The number of ether oxygens (including phenoxy) is 5. The van der Waals surface area contributed by atoms with Crippen LogP contribution in [0.3, 0.4) is 0 Å². The fourth-order valence-electron chi connectivity index (χ4n) is 4.93. The lowest BCUT2D eigenvalue weighted by atomic mass is 9.99. The zero-order chi connectivity index (χ0) is 25.9. The minimum atomic E-state index is -0.157. The van der Waals surface area contributed by atoms with Crippen LogP contribution >= 0.6 is 0 Å². The number of allylic oxidation sites excluding steroid dienone is 1. The number of ketones is 1. The topological polar surface area (TPSA) is 66.5 Å². The Morgan fingerprint density at radius 3 is 2.38 bits per heavy atom. The lowest BCUT2D eigenvalue weighted by Crippen LogP contribution is -2.33. The largest absolute Gasteiger partial charge is 0.493 e. The summed E-state index contributed by atoms with van der Waals surface area (Å²) in [6.07, 6.45) is 3.76. The highest BCUT2D eigenvalue weighted by Crippen LogP contribution is 2.44. The average Bonchev–Trinajstić information content (AvgIpc) is 3.23. The number of fused-ring (bicyclic) bond motifs is 2. The molecule has 0 N–H and O–H groups in total. The normalized spacial score (nSPS) is 15.6. The SMILES string of the molecule is COc1cc(/C=C2\Oc3c(cc4c(c3C)OCN(CCCc3ccccc3)C4)C2=O)cc(OC)c1OC. The molecule has 192 valence electrons. The lowest BCUT2D eigenvalue weighted by molar-refractivity contribution is 0.0932. The van der Waals surface area contributed by atoms with Crippen LogP contribution in [0.5, 0.6) is 28.7 Å². The predicted octanol–water partition coefficient (Wildman–Crippen LogP) is 5.42. The highest BCUT2D eigenvalue weighted by molar-refractivity contribution is 6.15. The molecule has 2 aliphatic rings. The van der Waals surface area contributed by atoms with Crippen LogP contribution < -0.4 is 23.7 Å². The summed E-state index contributed by atoms with van der Waals surface area (Å²) < 4.78 is 28.5. The molecule has 0 atom stereocenters. The monoisotopic (exact) mass is 501 g/mol. The first-order chi connectivity index (χ1) is 18.0. The highest BCUT2D eigenvalue weighted by atomic mass is 16.5. The number of benzene rings is 3. The zero-order valence-corrected chi connectivity index (χ0v) is 21.6. The van der Waals surface area contributed by atoms with E-state index in [-0.39, 0.29) is 11.5 Å². The molecule has 0 amide bonds. The van der Waals surface area contributed by atoms with Crippen molar-refractivity contribution in [3.05, 3.63) is 82.1 Å². The standard InChI is InChI=1S/C30H31NO6/c1-19-28-22(17-31(18-36-28)12-8-11-20-9-6-5-7-10-20)16-23-27(32)24(37-29(19)23)13-21-14-25(33-2)30(35-4)26(15-21)34-3/h5-7,9-10,13-16H,8,11-12,17-18H2,1-4H3/b24-13-. The van der Waals surface area contributed by atoms with Gasteiger partial charge in [0.15, 0.2) is 17.3 Å². The number of hydrogen-bond acceptors (Lipinski definition) is 7. The molecule has 7 nitrogen and oxygen atoms in total. The minimum Gasteiger partial charge on any atom is -0.493 e. The van der Waals surface area contributed by atoms with Gasteiger partial charge in [-0.05, 0) is 55.2 Å². The maximum atomic E-state index is 13.3. The molecule has 0 aliphatic carbocycles. The van der Waals surface area contributed by atoms with E-state index in [2.05, 4.69) is 29.2 Å². The second-order valence-corrected chi connectivity index (χ2v) is 9.18. The van der Waals surface area contributed by atoms with E-state index in [4.69, 9.17) is 23.7 Å². The van der Waals surface area contributed by atoms with Crippen molar-refractivity contribution in [2.24, 2.45) is 0 Å². The first kappa shape index (κ1) is 24.7. The molecule has 3 aromatic rings. The molecule has 37 heavy (non-hydrogen) atoms. The molecule has 0 spiro atoms. The Morgan fingerprint density at radius 2 is 1.70 bits per heavy atom. The Hall–Kier alpha value is -3.97. The van der Waals surface area contributed by atoms with E-state index in [0.717, 1.165) is 42.8 Å². The zero-order valence-electron chi connectivity index (χ0n) is 21.6. The minimum absolute atomic E-state index is 0.157. The summed E-state index contributed by atoms with van der Waals surface area (Å²) in [5.41, 5.74) is 4.45. The van der Waals surface area contributed by atoms with Crippen molar-refractivity contribution in [1.82, 2.24) is 4.90 Å². The summed E-state index contributed by atoms with van der Waals surface area (Å²) >= 11 is 0. The van der Waals surface area contributed by atoms with E-state index in [1.54, 1.807) is 39.5 Å². The molecule has 0 saturated heterocycles. The van der Waals surface area contributed by atoms with Crippen LogP contribution in [0.1, 0.15) is 39.0 Å². The smallest absolute Gasteiger partial charge is 0.231 e. The summed E-state index contributed by atoms with van der Waals surface area (Å²) in [5.74, 6) is 2.95. The van der Waals surface area contributed by atoms with Crippen molar-refractivity contribution in [3.63, 3.8) is 0 Å². The van der Waals surface area contributed by atoms with E-state index in [9.17, 15) is 4.79 Å². The second kappa shape index (κ2) is 10.6. The van der Waals surface area contributed by atoms with E-state index in [1.165, 1.54) is 5.56 Å². The van der Waals surface area contributed by atoms with Crippen LogP contribution in [-0.2, 0) is 13.0 Å². The van der Waals surface area contributed by atoms with Crippen molar-refractivity contribution < 1.29 is 28.5 Å². The van der Waals surface area contributed by atoms with Crippen LogP contribution in [0.2, 0.25) is 0 Å². The van der Waals surface area contributed by atoms with Crippen molar-refractivity contribution in [2.75, 3.05) is 34.6 Å². The summed E-state index contributed by atoms with van der Waals surface area (Å²) in [5, 5.41) is 0. The Balaban J connectivity index is 1.35. The molecule has 0 radical (unpaired) electrons. The van der Waals surface area contributed by atoms with E-state index >= 15 is 0 Å². The first-order valence-corrected chi connectivity index (χ1v) is 12.3. The third-order valence-electron chi connectivity index (χ3n) is 6.77. The summed E-state index contributed by atoms with van der Waals surface area (Å²) in [6, 6.07) is 16.0. The fourth-order valence-corrected chi connectivity index (χ4v) is 4.93. The molecular formula is C30H31NO6. The van der Waals surface area contributed by atoms with Crippen molar-refractivity contribution in [3.8, 4) is 28.7 Å². The van der Waals surface area contributed by atoms with Gasteiger partial charge < -0.3 is 23.7 Å². The molecule has 0 bridgehead atoms. The van der Waals surface area contributed by atoms with Gasteiger partial charge in [0.25, 0.3) is 0 Å². The van der Waals surface area contributed by atoms with Crippen LogP contribution in [-0.4, -0.2) is 45.3 Å². The Bertz CT molecular complexity index is 1320. The summed E-state index contributed by atoms with van der Waals surface area (Å²) in [4.78, 5) is 15.6. The average molecular weight is 502 g/mol. The van der Waals surface area contributed by atoms with Gasteiger partial charge in [-0.1, -0.05) is 30.3 Å². The molecular weight excluding hydrogens is 470 g/mol. The molecule has 0 saturated carbocycles. The summed E-state index contributed by atoms with van der Waals surface area (Å²) in [7, 11) is 4.66. The molecule has 3 aromatic carbocycles. The number of rotatable bonds is 8. The van der Waals surface area contributed by atoms with Gasteiger partial charge in [0.2, 0.25) is 11.5 Å². The van der Waals surface area contributed by atoms with Crippen molar-refractivity contribution in [2.45, 2.75) is 26.3 Å². The molecule has 2 aliphatic heterocycles. The predicted molar refractivity (Wildman–Crippen MR) is 141 cm³/mol. The highest BCUT2D eigenvalue weighted by Gasteiger charge is 2.33. The van der Waals surface area contributed by atoms with Gasteiger partial charge in [0.05, 0.1) is 26.9 Å². The fraction of sp³-hybridized carbons (Fsp3) is 0.300. The number of carbonyl (C=O) groups is 1. The van der Waals surface area contributed by atoms with Crippen molar-refractivity contribution in [1.29, 1.82) is 0 Å². The Kier molecular flexibility index (Phi) is 7.06. The molecule has 5 rings (SSSR count). The third kappa shape index (κ3) is 4.87. The molecule has 0 fully saturated rings. The first-order valence-electron chi connectivity index (χ1n) is 12.3.